The highest BCUT2D eigenvalue weighted by Gasteiger charge is 2.31. The number of allylic oxidation sites excluding steroid dienone is 2. The largest absolute Gasteiger partial charge is 0.573 e. The Labute approximate surface area is 201 Å². The van der Waals surface area contributed by atoms with Gasteiger partial charge in [-0.2, -0.15) is 0 Å². The molecule has 0 saturated heterocycles. The smallest absolute Gasteiger partial charge is 0.406 e. The second-order valence-corrected chi connectivity index (χ2v) is 8.27. The summed E-state index contributed by atoms with van der Waals surface area (Å²) >= 11 is 0. The molecule has 1 N–H and O–H groups in total. The number of aliphatic imine (C=N–C) groups is 1. The highest BCUT2D eigenvalue weighted by atomic mass is 19.4. The Kier molecular flexibility index (Phi) is 10.6. The fraction of sp³-hybridized carbons (Fsp3) is 0.481. The Morgan fingerprint density at radius 3 is 2.32 bits per heavy atom. The van der Waals surface area contributed by atoms with Crippen LogP contribution < -0.4 is 10.1 Å². The van der Waals surface area contributed by atoms with Crippen LogP contribution in [0.15, 0.2) is 47.6 Å². The maximum absolute atomic E-state index is 12.5. The molecule has 2 rings (SSSR count). The third kappa shape index (κ3) is 7.61. The van der Waals surface area contributed by atoms with Crippen LogP contribution in [-0.2, 0) is 0 Å². The van der Waals surface area contributed by atoms with E-state index in [4.69, 9.17) is 0 Å². The quantitative estimate of drug-likeness (QED) is 0.313. The van der Waals surface area contributed by atoms with Crippen molar-refractivity contribution < 1.29 is 17.9 Å². The molecule has 0 fully saturated rings. The van der Waals surface area contributed by atoms with Gasteiger partial charge in [0.05, 0.1) is 0 Å². The summed E-state index contributed by atoms with van der Waals surface area (Å²) in [4.78, 5) is 8.92. The van der Waals surface area contributed by atoms with Crippen molar-refractivity contribution >= 4 is 23.3 Å². The number of pyridine rings is 1. The number of hydrogen-bond donors (Lipinski definition) is 1. The van der Waals surface area contributed by atoms with E-state index in [1.807, 2.05) is 25.3 Å². The summed E-state index contributed by atoms with van der Waals surface area (Å²) < 4.78 is 41.6. The Hall–Kier alpha value is -2.83. The van der Waals surface area contributed by atoms with Gasteiger partial charge in [0.2, 0.25) is 0 Å². The zero-order chi connectivity index (χ0) is 25.1. The van der Waals surface area contributed by atoms with Gasteiger partial charge in [-0.3, -0.25) is 4.99 Å². The van der Waals surface area contributed by atoms with Crippen molar-refractivity contribution in [3.63, 3.8) is 0 Å². The second kappa shape index (κ2) is 13.2. The van der Waals surface area contributed by atoms with Gasteiger partial charge in [-0.1, -0.05) is 52.5 Å². The standard InChI is InChI=1S/C27H36F3N3O/c1-6-10-11-23(19(7-2)8-3)25-24(20(9-4)18-31-5)16-17-32-26(25)33-21-12-14-22(15-13-21)34-27(28,29)30/h9,12-19,23H,6-8,10-11H2,1-5H3,(H,32,33)/b20-9+,31-18-. The van der Waals surface area contributed by atoms with Crippen molar-refractivity contribution in [2.24, 2.45) is 10.9 Å². The van der Waals surface area contributed by atoms with E-state index in [9.17, 15) is 13.2 Å². The van der Waals surface area contributed by atoms with Gasteiger partial charge in [0, 0.05) is 30.7 Å². The first kappa shape index (κ1) is 27.4. The summed E-state index contributed by atoms with van der Waals surface area (Å²) in [6, 6.07) is 7.77. The fourth-order valence-corrected chi connectivity index (χ4v) is 4.41. The third-order valence-corrected chi connectivity index (χ3v) is 6.09. The van der Waals surface area contributed by atoms with Crippen LogP contribution in [0.5, 0.6) is 5.75 Å². The summed E-state index contributed by atoms with van der Waals surface area (Å²) in [5.74, 6) is 1.23. The molecule has 1 aromatic carbocycles. The van der Waals surface area contributed by atoms with Gasteiger partial charge in [-0.25, -0.2) is 4.98 Å². The summed E-state index contributed by atoms with van der Waals surface area (Å²) in [5, 5.41) is 3.36. The number of benzene rings is 1. The summed E-state index contributed by atoms with van der Waals surface area (Å²) in [6.45, 7) is 8.63. The fourth-order valence-electron chi connectivity index (χ4n) is 4.41. The first-order chi connectivity index (χ1) is 16.3. The van der Waals surface area contributed by atoms with Gasteiger partial charge >= 0.3 is 6.36 Å². The molecule has 0 aliphatic heterocycles. The normalized spacial score (nSPS) is 13.5. The van der Waals surface area contributed by atoms with E-state index in [-0.39, 0.29) is 11.7 Å². The first-order valence-corrected chi connectivity index (χ1v) is 12.0. The topological polar surface area (TPSA) is 46.5 Å². The summed E-state index contributed by atoms with van der Waals surface area (Å²) in [7, 11) is 1.75. The number of anilines is 2. The molecule has 7 heteroatoms. The number of unbranched alkanes of at least 4 members (excludes halogenated alkanes) is 1. The predicted octanol–water partition coefficient (Wildman–Crippen LogP) is 8.54. The lowest BCUT2D eigenvalue weighted by Crippen LogP contribution is -2.17. The van der Waals surface area contributed by atoms with Crippen LogP contribution in [-0.4, -0.2) is 24.6 Å². The SMILES string of the molecule is C/C=C(\C=N/C)c1ccnc(Nc2ccc(OC(F)(F)F)cc2)c1C(CCCC)C(CC)CC. The second-order valence-electron chi connectivity index (χ2n) is 8.27. The highest BCUT2D eigenvalue weighted by molar-refractivity contribution is 6.10. The number of rotatable bonds is 12. The van der Waals surface area contributed by atoms with E-state index in [1.165, 1.54) is 12.1 Å². The lowest BCUT2D eigenvalue weighted by atomic mass is 9.77. The molecule has 0 aliphatic rings. The molecule has 1 aromatic heterocycles. The molecular weight excluding hydrogens is 439 g/mol. The van der Waals surface area contributed by atoms with Crippen LogP contribution in [0.3, 0.4) is 0 Å². The van der Waals surface area contributed by atoms with E-state index >= 15 is 0 Å². The van der Waals surface area contributed by atoms with Crippen LogP contribution in [0.4, 0.5) is 24.7 Å². The van der Waals surface area contributed by atoms with Crippen molar-refractivity contribution in [1.82, 2.24) is 4.98 Å². The lowest BCUT2D eigenvalue weighted by Gasteiger charge is -2.30. The van der Waals surface area contributed by atoms with Crippen LogP contribution in [0, 0.1) is 5.92 Å². The van der Waals surface area contributed by atoms with Crippen molar-refractivity contribution in [2.75, 3.05) is 12.4 Å². The zero-order valence-electron chi connectivity index (χ0n) is 20.7. The van der Waals surface area contributed by atoms with E-state index in [0.29, 0.717) is 11.6 Å². The Morgan fingerprint density at radius 2 is 1.79 bits per heavy atom. The molecule has 1 heterocycles. The van der Waals surface area contributed by atoms with Crippen LogP contribution in [0.25, 0.3) is 5.57 Å². The lowest BCUT2D eigenvalue weighted by molar-refractivity contribution is -0.274. The van der Waals surface area contributed by atoms with Gasteiger partial charge in [-0.15, -0.1) is 13.2 Å². The average molecular weight is 476 g/mol. The van der Waals surface area contributed by atoms with Crippen molar-refractivity contribution in [2.45, 2.75) is 72.1 Å². The molecule has 4 nitrogen and oxygen atoms in total. The third-order valence-electron chi connectivity index (χ3n) is 6.09. The Bertz CT molecular complexity index is 949. The molecule has 0 spiro atoms. The minimum absolute atomic E-state index is 0.256. The molecule has 0 bridgehead atoms. The number of ether oxygens (including phenoxy) is 1. The molecule has 1 unspecified atom stereocenters. The van der Waals surface area contributed by atoms with E-state index < -0.39 is 6.36 Å². The van der Waals surface area contributed by atoms with E-state index in [1.54, 1.807) is 25.4 Å². The van der Waals surface area contributed by atoms with Gasteiger partial charge in [0.25, 0.3) is 0 Å². The van der Waals surface area contributed by atoms with E-state index in [2.05, 4.69) is 40.8 Å². The monoisotopic (exact) mass is 475 g/mol. The summed E-state index contributed by atoms with van der Waals surface area (Å²) in [6.07, 6.45) is 6.29. The predicted molar refractivity (Wildman–Crippen MR) is 135 cm³/mol. The van der Waals surface area contributed by atoms with Crippen molar-refractivity contribution in [3.05, 3.63) is 53.7 Å². The molecule has 0 aliphatic carbocycles. The van der Waals surface area contributed by atoms with Crippen LogP contribution >= 0.6 is 0 Å². The molecule has 2 aromatic rings. The molecule has 186 valence electrons. The molecule has 0 saturated carbocycles. The van der Waals surface area contributed by atoms with Gasteiger partial charge < -0.3 is 10.1 Å². The number of nitrogens with one attached hydrogen (secondary N) is 1. The number of halogens is 3. The number of hydrogen-bond acceptors (Lipinski definition) is 4. The van der Waals surface area contributed by atoms with Crippen LogP contribution in [0.2, 0.25) is 0 Å². The number of alkyl halides is 3. The van der Waals surface area contributed by atoms with E-state index in [0.717, 1.165) is 54.6 Å². The number of nitrogens with zero attached hydrogens (tertiary/aromatic N) is 2. The molecule has 0 amide bonds. The van der Waals surface area contributed by atoms with Crippen molar-refractivity contribution in [3.8, 4) is 5.75 Å². The highest BCUT2D eigenvalue weighted by Crippen LogP contribution is 2.41. The van der Waals surface area contributed by atoms with Gasteiger partial charge in [0.15, 0.2) is 0 Å². The first-order valence-electron chi connectivity index (χ1n) is 12.0. The minimum atomic E-state index is -4.72. The molecule has 0 radical (unpaired) electrons. The Morgan fingerprint density at radius 1 is 1.12 bits per heavy atom. The Balaban J connectivity index is 2.58. The number of aromatic nitrogens is 1. The van der Waals surface area contributed by atoms with Gasteiger partial charge in [0.1, 0.15) is 11.6 Å². The summed E-state index contributed by atoms with van der Waals surface area (Å²) in [5.41, 5.74) is 3.87. The zero-order valence-corrected chi connectivity index (χ0v) is 20.7. The van der Waals surface area contributed by atoms with Crippen LogP contribution in [0.1, 0.15) is 76.8 Å². The maximum Gasteiger partial charge on any atom is 0.573 e. The van der Waals surface area contributed by atoms with Gasteiger partial charge in [-0.05, 0) is 66.6 Å². The van der Waals surface area contributed by atoms with Crippen molar-refractivity contribution in [1.29, 1.82) is 0 Å². The molecule has 34 heavy (non-hydrogen) atoms. The minimum Gasteiger partial charge on any atom is -0.406 e. The molecular formula is C27H36F3N3O. The maximum atomic E-state index is 12.5. The average Bonchev–Trinajstić information content (AvgIpc) is 2.81. The molecule has 1 atom stereocenters.